The van der Waals surface area contributed by atoms with E-state index >= 15 is 0 Å². The summed E-state index contributed by atoms with van der Waals surface area (Å²) < 4.78 is 8.86. The molecule has 0 saturated carbocycles. The second-order valence-electron chi connectivity index (χ2n) is 3.49. The van der Waals surface area contributed by atoms with Crippen LogP contribution in [0.4, 0.5) is 0 Å². The molecule has 10 nitrogen and oxygen atoms in total. The zero-order valence-corrected chi connectivity index (χ0v) is 10.3. The monoisotopic (exact) mass is 277 g/mol. The summed E-state index contributed by atoms with van der Waals surface area (Å²) in [7, 11) is 0.982. The molecule has 0 heterocycles. The smallest absolute Gasteiger partial charge is 0.337 e. The molecule has 0 spiro atoms. The molecule has 0 aliphatic heterocycles. The van der Waals surface area contributed by atoms with Crippen molar-refractivity contribution in [3.63, 3.8) is 0 Å². The molecular formula is C9H15N3O7. The van der Waals surface area contributed by atoms with Crippen molar-refractivity contribution in [2.75, 3.05) is 13.7 Å². The van der Waals surface area contributed by atoms with Gasteiger partial charge in [0.1, 0.15) is 18.2 Å². The lowest BCUT2D eigenvalue weighted by Gasteiger charge is -2.28. The molecular weight excluding hydrogens is 262 g/mol. The molecule has 0 unspecified atom stereocenters. The van der Waals surface area contributed by atoms with Gasteiger partial charge in [0.25, 0.3) is 0 Å². The third-order valence-electron chi connectivity index (χ3n) is 2.17. The number of aliphatic hydroxyl groups is 3. The predicted octanol–water partition coefficient (Wildman–Crippen LogP) is -1.52. The van der Waals surface area contributed by atoms with E-state index in [9.17, 15) is 19.8 Å². The van der Waals surface area contributed by atoms with Gasteiger partial charge in [-0.05, 0) is 5.53 Å². The maximum absolute atomic E-state index is 11.1. The van der Waals surface area contributed by atoms with Crippen molar-refractivity contribution in [2.45, 2.75) is 31.3 Å². The average molecular weight is 277 g/mol. The van der Waals surface area contributed by atoms with Gasteiger partial charge in [-0.1, -0.05) is 5.11 Å². The van der Waals surface area contributed by atoms with Gasteiger partial charge in [0, 0.05) is 11.8 Å². The Bertz CT molecular complexity index is 369. The number of ether oxygens (including phenoxy) is 2. The van der Waals surface area contributed by atoms with Crippen LogP contribution in [-0.4, -0.2) is 65.3 Å². The lowest BCUT2D eigenvalue weighted by atomic mass is 10.0. The van der Waals surface area contributed by atoms with Gasteiger partial charge in [0.05, 0.1) is 13.7 Å². The fraction of sp³-hybridized carbons (Fsp3) is 0.778. The summed E-state index contributed by atoms with van der Waals surface area (Å²) in [6, 6.07) is -1.36. The summed E-state index contributed by atoms with van der Waals surface area (Å²) in [5, 5.41) is 31.3. The average Bonchev–Trinajstić information content (AvgIpc) is 2.39. The third-order valence-corrected chi connectivity index (χ3v) is 2.17. The maximum atomic E-state index is 11.1. The SMILES string of the molecule is COC(=O)[C@@H](O)[C@@H](O)[C@H](OC(C)=O)[C@H](CO)N=[N+]=[N-]. The van der Waals surface area contributed by atoms with Crippen molar-refractivity contribution in [3.8, 4) is 0 Å². The number of esters is 2. The molecule has 0 aliphatic carbocycles. The van der Waals surface area contributed by atoms with Crippen molar-refractivity contribution in [1.82, 2.24) is 0 Å². The van der Waals surface area contributed by atoms with Crippen LogP contribution in [0.2, 0.25) is 0 Å². The van der Waals surface area contributed by atoms with E-state index in [0.29, 0.717) is 0 Å². The number of methoxy groups -OCH3 is 1. The molecule has 0 aromatic carbocycles. The Morgan fingerprint density at radius 3 is 2.37 bits per heavy atom. The summed E-state index contributed by atoms with van der Waals surface area (Å²) in [6.45, 7) is 0.252. The van der Waals surface area contributed by atoms with Crippen molar-refractivity contribution >= 4 is 11.9 Å². The Labute approximate surface area is 108 Å². The Hall–Kier alpha value is -1.87. The van der Waals surface area contributed by atoms with Crippen LogP contribution in [0.1, 0.15) is 6.92 Å². The minimum Gasteiger partial charge on any atom is -0.467 e. The molecule has 0 aromatic rings. The minimum absolute atomic E-state index is 0.757. The van der Waals surface area contributed by atoms with Gasteiger partial charge >= 0.3 is 11.9 Å². The number of azide groups is 1. The number of aliphatic hydroxyl groups excluding tert-OH is 3. The zero-order chi connectivity index (χ0) is 15.0. The van der Waals surface area contributed by atoms with Crippen LogP contribution in [0.25, 0.3) is 10.4 Å². The van der Waals surface area contributed by atoms with Gasteiger partial charge in [0.15, 0.2) is 6.10 Å². The number of hydrogen-bond donors (Lipinski definition) is 3. The van der Waals surface area contributed by atoms with Crippen LogP contribution in [0.3, 0.4) is 0 Å². The molecule has 3 N–H and O–H groups in total. The molecule has 19 heavy (non-hydrogen) atoms. The molecule has 10 heteroatoms. The summed E-state index contributed by atoms with van der Waals surface area (Å²) >= 11 is 0. The van der Waals surface area contributed by atoms with Crippen LogP contribution in [0.5, 0.6) is 0 Å². The van der Waals surface area contributed by atoms with Gasteiger partial charge in [-0.25, -0.2) is 4.79 Å². The molecule has 0 fully saturated rings. The quantitative estimate of drug-likeness (QED) is 0.220. The first-order valence-corrected chi connectivity index (χ1v) is 5.15. The van der Waals surface area contributed by atoms with Crippen LogP contribution >= 0.6 is 0 Å². The van der Waals surface area contributed by atoms with Gasteiger partial charge in [-0.3, -0.25) is 4.79 Å². The van der Waals surface area contributed by atoms with E-state index in [1.54, 1.807) is 0 Å². The minimum atomic E-state index is -2.02. The Kier molecular flexibility index (Phi) is 7.46. The van der Waals surface area contributed by atoms with Crippen LogP contribution < -0.4 is 0 Å². The highest BCUT2D eigenvalue weighted by Gasteiger charge is 2.38. The predicted molar refractivity (Wildman–Crippen MR) is 59.6 cm³/mol. The first-order chi connectivity index (χ1) is 8.88. The van der Waals surface area contributed by atoms with Gasteiger partial charge < -0.3 is 24.8 Å². The Morgan fingerprint density at radius 2 is 2.00 bits per heavy atom. The Morgan fingerprint density at radius 1 is 1.42 bits per heavy atom. The largest absolute Gasteiger partial charge is 0.467 e. The molecule has 0 radical (unpaired) electrons. The highest BCUT2D eigenvalue weighted by molar-refractivity contribution is 5.75. The highest BCUT2D eigenvalue weighted by Crippen LogP contribution is 2.14. The Balaban J connectivity index is 5.16. The number of carbonyl (C=O) groups is 2. The molecule has 4 atom stereocenters. The fourth-order valence-corrected chi connectivity index (χ4v) is 1.28. The van der Waals surface area contributed by atoms with E-state index < -0.39 is 42.9 Å². The van der Waals surface area contributed by atoms with Crippen molar-refractivity contribution < 1.29 is 34.4 Å². The van der Waals surface area contributed by atoms with Crippen LogP contribution in [-0.2, 0) is 19.1 Å². The van der Waals surface area contributed by atoms with E-state index in [2.05, 4.69) is 19.5 Å². The standard InChI is InChI=1S/C9H15N3O7/c1-4(14)19-8(5(3-13)11-12-10)6(15)7(16)9(17)18-2/h5-8,13,15-16H,3H2,1-2H3/t5-,6+,7-,8+/m0/s1. The van der Waals surface area contributed by atoms with Crippen LogP contribution in [0, 0.1) is 0 Å². The molecule has 0 rings (SSSR count). The van der Waals surface area contributed by atoms with E-state index in [-0.39, 0.29) is 0 Å². The number of nitrogens with zero attached hydrogens (tertiary/aromatic N) is 3. The zero-order valence-electron chi connectivity index (χ0n) is 10.3. The fourth-order valence-electron chi connectivity index (χ4n) is 1.28. The van der Waals surface area contributed by atoms with E-state index in [1.165, 1.54) is 0 Å². The first-order valence-electron chi connectivity index (χ1n) is 5.15. The van der Waals surface area contributed by atoms with E-state index in [0.717, 1.165) is 14.0 Å². The molecule has 0 saturated heterocycles. The summed E-state index contributed by atoms with van der Waals surface area (Å²) in [4.78, 5) is 24.4. The molecule has 108 valence electrons. The lowest BCUT2D eigenvalue weighted by Crippen LogP contribution is -2.50. The first kappa shape index (κ1) is 17.1. The van der Waals surface area contributed by atoms with Crippen LogP contribution in [0.15, 0.2) is 5.11 Å². The van der Waals surface area contributed by atoms with Gasteiger partial charge in [-0.15, -0.1) is 0 Å². The van der Waals surface area contributed by atoms with Crippen molar-refractivity contribution in [1.29, 1.82) is 0 Å². The number of hydrogen-bond acceptors (Lipinski definition) is 8. The second-order valence-corrected chi connectivity index (χ2v) is 3.49. The number of rotatable bonds is 7. The van der Waals surface area contributed by atoms with E-state index in [4.69, 9.17) is 10.6 Å². The topological polar surface area (TPSA) is 162 Å². The second kappa shape index (κ2) is 8.27. The van der Waals surface area contributed by atoms with E-state index in [1.807, 2.05) is 0 Å². The molecule has 0 aliphatic rings. The number of carbonyl (C=O) groups excluding carboxylic acids is 2. The lowest BCUT2D eigenvalue weighted by molar-refractivity contribution is -0.173. The summed E-state index contributed by atoms with van der Waals surface area (Å²) in [5.74, 6) is -2.02. The van der Waals surface area contributed by atoms with Crippen molar-refractivity contribution in [3.05, 3.63) is 10.4 Å². The molecule has 0 aromatic heterocycles. The molecule has 0 amide bonds. The summed E-state index contributed by atoms with van der Waals surface area (Å²) in [6.07, 6.45) is -5.52. The molecule has 0 bridgehead atoms. The van der Waals surface area contributed by atoms with Crippen molar-refractivity contribution in [2.24, 2.45) is 5.11 Å². The third kappa shape index (κ3) is 5.10. The highest BCUT2D eigenvalue weighted by atomic mass is 16.6. The normalized spacial score (nSPS) is 16.5. The van der Waals surface area contributed by atoms with Gasteiger partial charge in [-0.2, -0.15) is 0 Å². The van der Waals surface area contributed by atoms with Gasteiger partial charge in [0.2, 0.25) is 0 Å². The maximum Gasteiger partial charge on any atom is 0.337 e. The summed E-state index contributed by atoms with van der Waals surface area (Å²) in [5.41, 5.74) is 8.30.